The van der Waals surface area contributed by atoms with E-state index in [1.165, 1.54) is 12.1 Å². The lowest BCUT2D eigenvalue weighted by molar-refractivity contribution is -0.137. The maximum atomic E-state index is 12.5. The highest BCUT2D eigenvalue weighted by molar-refractivity contribution is 5.81. The molecule has 136 valence electrons. The monoisotopic (exact) mass is 354 g/mol. The van der Waals surface area contributed by atoms with Gasteiger partial charge in [0.25, 0.3) is 0 Å². The van der Waals surface area contributed by atoms with Gasteiger partial charge in [0.05, 0.1) is 24.7 Å². The average molecular weight is 354 g/mol. The van der Waals surface area contributed by atoms with Gasteiger partial charge in [-0.1, -0.05) is 12.3 Å². The van der Waals surface area contributed by atoms with Gasteiger partial charge in [-0.3, -0.25) is 9.69 Å². The Morgan fingerprint density at radius 2 is 2.04 bits per heavy atom. The summed E-state index contributed by atoms with van der Waals surface area (Å²) in [6.45, 7) is 1.71. The van der Waals surface area contributed by atoms with Crippen molar-refractivity contribution in [2.75, 3.05) is 26.2 Å². The molecule has 1 amide bonds. The van der Waals surface area contributed by atoms with Crippen molar-refractivity contribution in [3.63, 3.8) is 0 Å². The highest BCUT2D eigenvalue weighted by Gasteiger charge is 2.30. The lowest BCUT2D eigenvalue weighted by Gasteiger charge is -2.33. The number of hydrogen-bond acceptors (Lipinski definition) is 3. The maximum absolute atomic E-state index is 12.5. The Morgan fingerprint density at radius 1 is 1.32 bits per heavy atom. The van der Waals surface area contributed by atoms with Crippen LogP contribution in [0.4, 0.5) is 13.2 Å². The molecule has 0 bridgehead atoms. The van der Waals surface area contributed by atoms with Gasteiger partial charge in [-0.25, -0.2) is 0 Å². The predicted octanol–water partition coefficient (Wildman–Crippen LogP) is 2.69. The summed E-state index contributed by atoms with van der Waals surface area (Å²) in [4.78, 5) is 14.2. The minimum absolute atomic E-state index is 0.0917. The van der Waals surface area contributed by atoms with Gasteiger partial charge in [0.15, 0.2) is 0 Å². The highest BCUT2D eigenvalue weighted by atomic mass is 19.4. The molecule has 0 aliphatic carbocycles. The zero-order valence-electron chi connectivity index (χ0n) is 13.8. The van der Waals surface area contributed by atoms with Crippen LogP contribution in [0.3, 0.4) is 0 Å². The number of terminal acetylenes is 1. The van der Waals surface area contributed by atoms with Crippen LogP contribution in [0.25, 0.3) is 0 Å². The average Bonchev–Trinajstić information content (AvgIpc) is 2.59. The third-order valence-electron chi connectivity index (χ3n) is 4.06. The van der Waals surface area contributed by atoms with Crippen LogP contribution < -0.4 is 10.1 Å². The van der Waals surface area contributed by atoms with Gasteiger partial charge in [-0.05, 0) is 43.7 Å². The quantitative estimate of drug-likeness (QED) is 0.631. The number of carbonyl (C=O) groups excluding carboxylic acids is 1. The molecule has 1 atom stereocenters. The normalized spacial score (nSPS) is 18.4. The predicted molar refractivity (Wildman–Crippen MR) is 88.0 cm³/mol. The van der Waals surface area contributed by atoms with E-state index in [1.54, 1.807) is 0 Å². The molecule has 0 saturated carbocycles. The van der Waals surface area contributed by atoms with E-state index in [0.29, 0.717) is 12.3 Å². The zero-order chi connectivity index (χ0) is 18.3. The number of carbonyl (C=O) groups is 1. The van der Waals surface area contributed by atoms with Gasteiger partial charge < -0.3 is 10.1 Å². The fourth-order valence-electron chi connectivity index (χ4n) is 2.80. The van der Waals surface area contributed by atoms with E-state index in [0.717, 1.165) is 37.9 Å². The van der Waals surface area contributed by atoms with Gasteiger partial charge in [-0.15, -0.1) is 6.42 Å². The summed E-state index contributed by atoms with van der Waals surface area (Å²) in [6.07, 6.45) is 3.76. The van der Waals surface area contributed by atoms with Gasteiger partial charge in [0.1, 0.15) is 12.4 Å². The van der Waals surface area contributed by atoms with Crippen molar-refractivity contribution in [2.45, 2.75) is 31.5 Å². The number of amides is 1. The molecule has 2 rings (SSSR count). The Labute approximate surface area is 145 Å². The first-order chi connectivity index (χ1) is 11.9. The molecule has 1 aromatic carbocycles. The second-order valence-electron chi connectivity index (χ2n) is 5.85. The van der Waals surface area contributed by atoms with Crippen LogP contribution in [-0.2, 0) is 11.0 Å². The summed E-state index contributed by atoms with van der Waals surface area (Å²) in [7, 11) is 0. The Balaban J connectivity index is 1.75. The van der Waals surface area contributed by atoms with Crippen molar-refractivity contribution in [2.24, 2.45) is 0 Å². The smallest absolute Gasteiger partial charge is 0.416 e. The van der Waals surface area contributed by atoms with Crippen LogP contribution in [0.15, 0.2) is 24.3 Å². The molecular formula is C18H21F3N2O2. The molecule has 1 saturated heterocycles. The van der Waals surface area contributed by atoms with Gasteiger partial charge in [-0.2, -0.15) is 13.2 Å². The number of benzene rings is 1. The number of ether oxygens (including phenoxy) is 1. The molecule has 1 heterocycles. The molecule has 1 fully saturated rings. The van der Waals surface area contributed by atoms with Crippen molar-refractivity contribution in [1.29, 1.82) is 0 Å². The lowest BCUT2D eigenvalue weighted by Crippen LogP contribution is -2.50. The molecule has 1 aliphatic heterocycles. The number of nitrogens with one attached hydrogen (secondary N) is 1. The molecule has 1 aromatic rings. The lowest BCUT2D eigenvalue weighted by atomic mass is 10.0. The molecule has 1 N–H and O–H groups in total. The molecule has 1 aliphatic rings. The standard InChI is InChI=1S/C18H21F3N2O2/c1-2-11-23-12-4-3-5-16(23)17(24)22-10-13-25-15-8-6-14(7-9-15)18(19,20)21/h1,6-9,16H,3-5,10-13H2,(H,22,24). The minimum Gasteiger partial charge on any atom is -0.492 e. The van der Waals surface area contributed by atoms with Crippen LogP contribution in [0.5, 0.6) is 5.75 Å². The van der Waals surface area contributed by atoms with Crippen molar-refractivity contribution >= 4 is 5.91 Å². The van der Waals surface area contributed by atoms with Crippen LogP contribution >= 0.6 is 0 Å². The number of rotatable bonds is 6. The first-order valence-corrected chi connectivity index (χ1v) is 8.17. The number of halogens is 3. The Kier molecular flexibility index (Phi) is 6.71. The second-order valence-corrected chi connectivity index (χ2v) is 5.85. The summed E-state index contributed by atoms with van der Waals surface area (Å²) < 4.78 is 42.8. The van der Waals surface area contributed by atoms with E-state index in [9.17, 15) is 18.0 Å². The van der Waals surface area contributed by atoms with Crippen LogP contribution in [-0.4, -0.2) is 43.1 Å². The van der Waals surface area contributed by atoms with Crippen molar-refractivity contribution in [1.82, 2.24) is 10.2 Å². The molecule has 4 nitrogen and oxygen atoms in total. The van der Waals surface area contributed by atoms with Crippen LogP contribution in [0, 0.1) is 12.3 Å². The van der Waals surface area contributed by atoms with Gasteiger partial charge in [0, 0.05) is 0 Å². The molecule has 0 radical (unpaired) electrons. The van der Waals surface area contributed by atoms with Crippen LogP contribution in [0.2, 0.25) is 0 Å². The topological polar surface area (TPSA) is 41.6 Å². The fourth-order valence-corrected chi connectivity index (χ4v) is 2.80. The van der Waals surface area contributed by atoms with Crippen molar-refractivity contribution in [3.05, 3.63) is 29.8 Å². The number of piperidine rings is 1. The maximum Gasteiger partial charge on any atom is 0.416 e. The zero-order valence-corrected chi connectivity index (χ0v) is 13.8. The second kappa shape index (κ2) is 8.77. The molecular weight excluding hydrogens is 333 g/mol. The van der Waals surface area contributed by atoms with E-state index in [4.69, 9.17) is 11.2 Å². The fraction of sp³-hybridized carbons (Fsp3) is 0.500. The third kappa shape index (κ3) is 5.68. The van der Waals surface area contributed by atoms with E-state index in [-0.39, 0.29) is 25.1 Å². The van der Waals surface area contributed by atoms with E-state index in [2.05, 4.69) is 11.2 Å². The first kappa shape index (κ1) is 19.1. The van der Waals surface area contributed by atoms with Crippen molar-refractivity contribution < 1.29 is 22.7 Å². The van der Waals surface area contributed by atoms with Gasteiger partial charge in [0.2, 0.25) is 5.91 Å². The summed E-state index contributed by atoms with van der Waals surface area (Å²) >= 11 is 0. The Morgan fingerprint density at radius 3 is 2.68 bits per heavy atom. The van der Waals surface area contributed by atoms with Crippen molar-refractivity contribution in [3.8, 4) is 18.1 Å². The molecule has 0 spiro atoms. The first-order valence-electron chi connectivity index (χ1n) is 8.17. The Bertz CT molecular complexity index is 608. The number of nitrogens with zero attached hydrogens (tertiary/aromatic N) is 1. The Hall–Kier alpha value is -2.20. The number of hydrogen-bond donors (Lipinski definition) is 1. The third-order valence-corrected chi connectivity index (χ3v) is 4.06. The largest absolute Gasteiger partial charge is 0.492 e. The molecule has 7 heteroatoms. The van der Waals surface area contributed by atoms with Crippen LogP contribution in [0.1, 0.15) is 24.8 Å². The minimum atomic E-state index is -4.36. The summed E-state index contributed by atoms with van der Waals surface area (Å²) in [5.74, 6) is 2.80. The molecule has 0 aromatic heterocycles. The number of alkyl halides is 3. The van der Waals surface area contributed by atoms with E-state index >= 15 is 0 Å². The van der Waals surface area contributed by atoms with E-state index in [1.807, 2.05) is 4.90 Å². The molecule has 25 heavy (non-hydrogen) atoms. The van der Waals surface area contributed by atoms with E-state index < -0.39 is 11.7 Å². The molecule has 1 unspecified atom stereocenters. The van der Waals surface area contributed by atoms with Gasteiger partial charge >= 0.3 is 6.18 Å². The SMILES string of the molecule is C#CCN1CCCCC1C(=O)NCCOc1ccc(C(F)(F)F)cc1. The summed E-state index contributed by atoms with van der Waals surface area (Å²) in [5, 5.41) is 2.79. The number of likely N-dealkylation sites (tertiary alicyclic amines) is 1. The highest BCUT2D eigenvalue weighted by Crippen LogP contribution is 2.30. The summed E-state index contributed by atoms with van der Waals surface area (Å²) in [6, 6.07) is 4.23. The summed E-state index contributed by atoms with van der Waals surface area (Å²) in [5.41, 5.74) is -0.723.